The summed E-state index contributed by atoms with van der Waals surface area (Å²) >= 11 is 6.04. The summed E-state index contributed by atoms with van der Waals surface area (Å²) in [7, 11) is 0. The van der Waals surface area contributed by atoms with Gasteiger partial charge < -0.3 is 10.6 Å². The summed E-state index contributed by atoms with van der Waals surface area (Å²) in [6.07, 6.45) is 0.0435. The monoisotopic (exact) mass is 341 g/mol. The van der Waals surface area contributed by atoms with Gasteiger partial charge in [0, 0.05) is 17.3 Å². The summed E-state index contributed by atoms with van der Waals surface area (Å²) in [5.74, 6) is -0.465. The van der Waals surface area contributed by atoms with E-state index < -0.39 is 0 Å². The Morgan fingerprint density at radius 2 is 1.75 bits per heavy atom. The number of nitriles is 1. The number of anilines is 1. The number of nitrogens with zero attached hydrogens (tertiary/aromatic N) is 1. The molecule has 0 heterocycles. The minimum Gasteiger partial charge on any atom is -0.351 e. The van der Waals surface area contributed by atoms with Gasteiger partial charge in [0.15, 0.2) is 0 Å². The minimum atomic E-state index is -0.311. The third-order valence-corrected chi connectivity index (χ3v) is 3.64. The molecule has 6 heteroatoms. The molecule has 0 unspecified atom stereocenters. The molecular weight excluding hydrogens is 326 g/mol. The molecule has 2 amide bonds. The van der Waals surface area contributed by atoms with E-state index >= 15 is 0 Å². The Hall–Kier alpha value is -2.84. The largest absolute Gasteiger partial charge is 0.351 e. The van der Waals surface area contributed by atoms with Gasteiger partial charge in [0.2, 0.25) is 11.8 Å². The van der Waals surface area contributed by atoms with Crippen LogP contribution in [0.25, 0.3) is 0 Å². The van der Waals surface area contributed by atoms with Crippen molar-refractivity contribution < 1.29 is 9.59 Å². The highest BCUT2D eigenvalue weighted by Gasteiger charge is 2.07. The van der Waals surface area contributed by atoms with Crippen LogP contribution in [0, 0.1) is 11.3 Å². The smallest absolute Gasteiger partial charge is 0.234 e. The lowest BCUT2D eigenvalue weighted by Crippen LogP contribution is -2.21. The number of carbonyl (C=O) groups is 2. The van der Waals surface area contributed by atoms with Crippen LogP contribution in [0.1, 0.15) is 17.5 Å². The van der Waals surface area contributed by atoms with Gasteiger partial charge >= 0.3 is 0 Å². The van der Waals surface area contributed by atoms with E-state index in [1.165, 1.54) is 0 Å². The molecule has 122 valence electrons. The van der Waals surface area contributed by atoms with Crippen LogP contribution in [-0.2, 0) is 22.6 Å². The third-order valence-electron chi connectivity index (χ3n) is 3.28. The van der Waals surface area contributed by atoms with E-state index in [-0.39, 0.29) is 24.7 Å². The summed E-state index contributed by atoms with van der Waals surface area (Å²) < 4.78 is 0. The normalized spacial score (nSPS) is 9.83. The van der Waals surface area contributed by atoms with Crippen LogP contribution in [-0.4, -0.2) is 11.8 Å². The van der Waals surface area contributed by atoms with Crippen LogP contribution in [0.5, 0.6) is 0 Å². The molecule has 5 nitrogen and oxygen atoms in total. The van der Waals surface area contributed by atoms with Gasteiger partial charge in [-0.25, -0.2) is 0 Å². The van der Waals surface area contributed by atoms with Crippen LogP contribution in [0.3, 0.4) is 0 Å². The van der Waals surface area contributed by atoms with E-state index in [4.69, 9.17) is 16.9 Å². The number of hydrogen-bond acceptors (Lipinski definition) is 3. The zero-order valence-corrected chi connectivity index (χ0v) is 13.6. The number of amides is 2. The van der Waals surface area contributed by atoms with Gasteiger partial charge in [-0.3, -0.25) is 9.59 Å². The SMILES string of the molecule is N#CCC(=O)NCc1ccc(NC(=O)Cc2ccccc2Cl)cc1. The standard InChI is InChI=1S/C18H16ClN3O2/c19-16-4-2-1-3-14(16)11-18(24)22-15-7-5-13(6-8-15)12-21-17(23)9-10-20/h1-8H,9,11-12H2,(H,21,23)(H,22,24). The van der Waals surface area contributed by atoms with Crippen molar-refractivity contribution in [2.45, 2.75) is 19.4 Å². The van der Waals surface area contributed by atoms with Gasteiger partial charge in [-0.2, -0.15) is 5.26 Å². The van der Waals surface area contributed by atoms with Crippen LogP contribution in [0.2, 0.25) is 5.02 Å². The number of halogens is 1. The molecule has 0 fully saturated rings. The van der Waals surface area contributed by atoms with Crippen LogP contribution >= 0.6 is 11.6 Å². The molecule has 2 N–H and O–H groups in total. The Balaban J connectivity index is 1.87. The van der Waals surface area contributed by atoms with Gasteiger partial charge in [0.25, 0.3) is 0 Å². The van der Waals surface area contributed by atoms with Crippen LogP contribution < -0.4 is 10.6 Å². The summed E-state index contributed by atoms with van der Waals surface area (Å²) in [4.78, 5) is 23.3. The quantitative estimate of drug-likeness (QED) is 0.847. The van der Waals surface area contributed by atoms with Crippen molar-refractivity contribution in [2.75, 3.05) is 5.32 Å². The molecule has 0 bridgehead atoms. The van der Waals surface area contributed by atoms with Crippen molar-refractivity contribution in [1.29, 1.82) is 5.26 Å². The van der Waals surface area contributed by atoms with E-state index in [1.54, 1.807) is 36.4 Å². The van der Waals surface area contributed by atoms with Crippen molar-refractivity contribution in [1.82, 2.24) is 5.32 Å². The molecule has 0 aliphatic heterocycles. The molecule has 0 aliphatic rings. The Bertz CT molecular complexity index is 767. The molecule has 0 aromatic heterocycles. The first-order valence-electron chi connectivity index (χ1n) is 7.34. The Labute approximate surface area is 145 Å². The van der Waals surface area contributed by atoms with Crippen molar-refractivity contribution in [3.8, 4) is 6.07 Å². The van der Waals surface area contributed by atoms with Crippen LogP contribution in [0.4, 0.5) is 5.69 Å². The number of rotatable bonds is 6. The molecule has 2 aromatic rings. The summed E-state index contributed by atoms with van der Waals surface area (Å²) in [6.45, 7) is 0.342. The Kier molecular flexibility index (Phi) is 6.35. The summed E-state index contributed by atoms with van der Waals surface area (Å²) in [5.41, 5.74) is 2.32. The maximum Gasteiger partial charge on any atom is 0.234 e. The molecule has 0 spiro atoms. The van der Waals surface area contributed by atoms with Crippen molar-refractivity contribution in [3.63, 3.8) is 0 Å². The molecule has 0 radical (unpaired) electrons. The molecule has 24 heavy (non-hydrogen) atoms. The predicted octanol–water partition coefficient (Wildman–Crippen LogP) is 3.05. The van der Waals surface area contributed by atoms with Crippen LogP contribution in [0.15, 0.2) is 48.5 Å². The number of carbonyl (C=O) groups excluding carboxylic acids is 2. The average molecular weight is 342 g/mol. The lowest BCUT2D eigenvalue weighted by molar-refractivity contribution is -0.120. The molecular formula is C18H16ClN3O2. The first-order chi connectivity index (χ1) is 11.6. The van der Waals surface area contributed by atoms with Crippen molar-refractivity contribution in [3.05, 3.63) is 64.7 Å². The van der Waals surface area contributed by atoms with E-state index in [9.17, 15) is 9.59 Å². The predicted molar refractivity (Wildman–Crippen MR) is 92.3 cm³/mol. The maximum atomic E-state index is 12.0. The minimum absolute atomic E-state index is 0.154. The third kappa shape index (κ3) is 5.41. The van der Waals surface area contributed by atoms with Gasteiger partial charge in [0.05, 0.1) is 12.5 Å². The number of nitrogens with one attached hydrogen (secondary N) is 2. The zero-order valence-electron chi connectivity index (χ0n) is 12.9. The molecule has 0 aliphatic carbocycles. The first kappa shape index (κ1) is 17.5. The van der Waals surface area contributed by atoms with Gasteiger partial charge in [-0.05, 0) is 29.3 Å². The van der Waals surface area contributed by atoms with Gasteiger partial charge in [0.1, 0.15) is 6.42 Å². The molecule has 2 rings (SSSR count). The second-order valence-electron chi connectivity index (χ2n) is 5.12. The Morgan fingerprint density at radius 1 is 1.04 bits per heavy atom. The molecule has 0 saturated heterocycles. The fourth-order valence-electron chi connectivity index (χ4n) is 2.06. The topological polar surface area (TPSA) is 82.0 Å². The van der Waals surface area contributed by atoms with E-state index in [0.29, 0.717) is 17.3 Å². The fraction of sp³-hybridized carbons (Fsp3) is 0.167. The second kappa shape index (κ2) is 8.70. The van der Waals surface area contributed by atoms with E-state index in [0.717, 1.165) is 11.1 Å². The fourth-order valence-corrected chi connectivity index (χ4v) is 2.26. The molecule has 0 atom stereocenters. The van der Waals surface area contributed by atoms with Crippen molar-refractivity contribution in [2.24, 2.45) is 0 Å². The first-order valence-corrected chi connectivity index (χ1v) is 7.72. The molecule has 0 saturated carbocycles. The zero-order chi connectivity index (χ0) is 17.4. The number of benzene rings is 2. The lowest BCUT2D eigenvalue weighted by atomic mass is 10.1. The highest BCUT2D eigenvalue weighted by molar-refractivity contribution is 6.31. The Morgan fingerprint density at radius 3 is 2.42 bits per heavy atom. The van der Waals surface area contributed by atoms with E-state index in [1.807, 2.05) is 18.2 Å². The highest BCUT2D eigenvalue weighted by atomic mass is 35.5. The number of hydrogen-bond donors (Lipinski definition) is 2. The van der Waals surface area contributed by atoms with Crippen molar-refractivity contribution >= 4 is 29.1 Å². The summed E-state index contributed by atoms with van der Waals surface area (Å²) in [6, 6.07) is 16.1. The maximum absolute atomic E-state index is 12.0. The highest BCUT2D eigenvalue weighted by Crippen LogP contribution is 2.16. The van der Waals surface area contributed by atoms with E-state index in [2.05, 4.69) is 10.6 Å². The average Bonchev–Trinajstić information content (AvgIpc) is 2.57. The molecule has 2 aromatic carbocycles. The van der Waals surface area contributed by atoms with Gasteiger partial charge in [-0.1, -0.05) is 41.9 Å². The summed E-state index contributed by atoms with van der Waals surface area (Å²) in [5, 5.41) is 14.4. The van der Waals surface area contributed by atoms with Gasteiger partial charge in [-0.15, -0.1) is 0 Å². The second-order valence-corrected chi connectivity index (χ2v) is 5.53. The lowest BCUT2D eigenvalue weighted by Gasteiger charge is -2.08.